The van der Waals surface area contributed by atoms with Crippen LogP contribution in [0.3, 0.4) is 0 Å². The molecule has 2 fully saturated rings. The molecule has 1 N–H and O–H groups in total. The van der Waals surface area contributed by atoms with Crippen LogP contribution in [-0.2, 0) is 14.3 Å². The summed E-state index contributed by atoms with van der Waals surface area (Å²) in [6, 6.07) is -0.0850. The lowest BCUT2D eigenvalue weighted by molar-refractivity contribution is 0.0823. The van der Waals surface area contributed by atoms with E-state index >= 15 is 0 Å². The van der Waals surface area contributed by atoms with Crippen LogP contribution in [-0.4, -0.2) is 49.5 Å². The van der Waals surface area contributed by atoms with Crippen molar-refractivity contribution in [3.8, 4) is 0 Å². The van der Waals surface area contributed by atoms with Crippen molar-refractivity contribution in [2.45, 2.75) is 45.8 Å². The average molecular weight is 305 g/mol. The first-order chi connectivity index (χ1) is 8.99. The van der Waals surface area contributed by atoms with Gasteiger partial charge in [0.05, 0.1) is 12.4 Å². The topological polar surface area (TPSA) is 83.9 Å². The van der Waals surface area contributed by atoms with E-state index in [0.29, 0.717) is 19.4 Å². The van der Waals surface area contributed by atoms with E-state index in [9.17, 15) is 18.3 Å². The molecule has 0 aromatic heterocycles. The van der Waals surface area contributed by atoms with Gasteiger partial charge in [-0.1, -0.05) is 20.8 Å². The van der Waals surface area contributed by atoms with Gasteiger partial charge in [0.2, 0.25) is 0 Å². The lowest BCUT2D eigenvalue weighted by Gasteiger charge is -2.37. The highest BCUT2D eigenvalue weighted by atomic mass is 32.2. The van der Waals surface area contributed by atoms with Crippen LogP contribution in [0, 0.1) is 17.3 Å². The minimum atomic E-state index is -3.45. The summed E-state index contributed by atoms with van der Waals surface area (Å²) in [5.41, 5.74) is -0.169. The molecule has 7 heteroatoms. The summed E-state index contributed by atoms with van der Waals surface area (Å²) in [4.78, 5) is 12.9. The summed E-state index contributed by atoms with van der Waals surface area (Å²) < 4.78 is 27.6. The fraction of sp³-hybridized carbons (Fsp3) is 0.923. The van der Waals surface area contributed by atoms with Gasteiger partial charge in [0.1, 0.15) is 0 Å². The quantitative estimate of drug-likeness (QED) is 0.786. The lowest BCUT2D eigenvalue weighted by atomic mass is 9.77. The zero-order chi connectivity index (χ0) is 15.3. The Hall–Kier alpha value is -0.820. The molecule has 0 aromatic rings. The first-order valence-corrected chi connectivity index (χ1v) is 8.68. The van der Waals surface area contributed by atoms with Crippen molar-refractivity contribution < 1.29 is 22.5 Å². The highest BCUT2D eigenvalue weighted by Crippen LogP contribution is 2.48. The van der Waals surface area contributed by atoms with Crippen molar-refractivity contribution in [2.24, 2.45) is 17.3 Å². The van der Waals surface area contributed by atoms with Gasteiger partial charge in [-0.15, -0.1) is 0 Å². The molecule has 1 aliphatic heterocycles. The van der Waals surface area contributed by atoms with Crippen molar-refractivity contribution in [3.05, 3.63) is 0 Å². The molecular formula is C13H23NO5S. The number of carboxylic acid groups (broad SMARTS) is 1. The van der Waals surface area contributed by atoms with Gasteiger partial charge in [0, 0.05) is 12.6 Å². The average Bonchev–Trinajstić information content (AvgIpc) is 2.68. The number of likely N-dealkylation sites (tertiary alicyclic amines) is 1. The van der Waals surface area contributed by atoms with Crippen molar-refractivity contribution in [3.63, 3.8) is 0 Å². The third-order valence-corrected chi connectivity index (χ3v) is 4.94. The minimum Gasteiger partial charge on any atom is -0.465 e. The minimum absolute atomic E-state index is 0.0850. The van der Waals surface area contributed by atoms with Crippen molar-refractivity contribution in [1.82, 2.24) is 4.90 Å². The van der Waals surface area contributed by atoms with E-state index in [1.54, 1.807) is 0 Å². The molecule has 2 aliphatic rings. The Balaban J connectivity index is 2.17. The summed E-state index contributed by atoms with van der Waals surface area (Å²) in [5, 5.41) is 9.35. The molecule has 1 saturated heterocycles. The fourth-order valence-electron chi connectivity index (χ4n) is 3.93. The number of amides is 1. The van der Waals surface area contributed by atoms with Gasteiger partial charge < -0.3 is 10.0 Å². The molecule has 6 nitrogen and oxygen atoms in total. The fourth-order valence-corrected chi connectivity index (χ4v) is 4.58. The second kappa shape index (κ2) is 4.87. The first-order valence-electron chi connectivity index (χ1n) is 6.87. The molecule has 0 radical (unpaired) electrons. The Labute approximate surface area is 120 Å². The Kier molecular flexibility index (Phi) is 3.79. The van der Waals surface area contributed by atoms with E-state index in [0.717, 1.165) is 6.26 Å². The van der Waals surface area contributed by atoms with Crippen LogP contribution in [0.1, 0.15) is 33.6 Å². The molecule has 4 atom stereocenters. The predicted octanol–water partition coefficient (Wildman–Crippen LogP) is 1.77. The second-order valence-corrected chi connectivity index (χ2v) is 8.66. The molecule has 1 saturated carbocycles. The predicted molar refractivity (Wildman–Crippen MR) is 73.9 cm³/mol. The number of fused-ring (bicyclic) bond motifs is 1. The van der Waals surface area contributed by atoms with Gasteiger partial charge >= 0.3 is 6.09 Å². The van der Waals surface area contributed by atoms with Gasteiger partial charge in [-0.2, -0.15) is 8.42 Å². The molecule has 1 heterocycles. The summed E-state index contributed by atoms with van der Waals surface area (Å²) in [7, 11) is -3.45. The van der Waals surface area contributed by atoms with Crippen LogP contribution in [0.15, 0.2) is 0 Å². The molecule has 0 aromatic carbocycles. The normalized spacial score (nSPS) is 34.3. The SMILES string of the molecule is CC(C)(C)C1[C@H]2CC(OS(C)(=O)=O)C[C@H]2CN1C(=O)O. The highest BCUT2D eigenvalue weighted by Gasteiger charge is 2.53. The molecule has 20 heavy (non-hydrogen) atoms. The van der Waals surface area contributed by atoms with Gasteiger partial charge in [0.15, 0.2) is 0 Å². The summed E-state index contributed by atoms with van der Waals surface area (Å²) in [6.45, 7) is 6.56. The summed E-state index contributed by atoms with van der Waals surface area (Å²) in [5.74, 6) is 0.375. The second-order valence-electron chi connectivity index (χ2n) is 7.06. The Morgan fingerprint density at radius 2 is 1.90 bits per heavy atom. The van der Waals surface area contributed by atoms with E-state index in [1.807, 2.05) is 20.8 Å². The standard InChI is InChI=1S/C13H23NO5S/c1-13(2,3)11-10-6-9(19-20(4,17)18)5-8(10)7-14(11)12(15)16/h8-11H,5-7H2,1-4H3,(H,15,16)/t8-,9?,10-,11?/m0/s1. The zero-order valence-corrected chi connectivity index (χ0v) is 13.2. The van der Waals surface area contributed by atoms with Crippen molar-refractivity contribution >= 4 is 16.2 Å². The summed E-state index contributed by atoms with van der Waals surface area (Å²) in [6.07, 6.45) is 1.10. The third-order valence-electron chi connectivity index (χ3n) is 4.32. The number of nitrogens with zero attached hydrogens (tertiary/aromatic N) is 1. The van der Waals surface area contributed by atoms with Gasteiger partial charge in [-0.25, -0.2) is 4.79 Å². The maximum atomic E-state index is 11.4. The van der Waals surface area contributed by atoms with E-state index in [4.69, 9.17) is 4.18 Å². The van der Waals surface area contributed by atoms with Gasteiger partial charge in [-0.05, 0) is 30.1 Å². The van der Waals surface area contributed by atoms with Crippen LogP contribution in [0.4, 0.5) is 4.79 Å². The molecule has 0 spiro atoms. The van der Waals surface area contributed by atoms with Crippen LogP contribution in [0.2, 0.25) is 0 Å². The van der Waals surface area contributed by atoms with Crippen LogP contribution >= 0.6 is 0 Å². The number of hydrogen-bond donors (Lipinski definition) is 1. The zero-order valence-electron chi connectivity index (χ0n) is 12.4. The molecule has 0 bridgehead atoms. The van der Waals surface area contributed by atoms with Crippen molar-refractivity contribution in [1.29, 1.82) is 0 Å². The van der Waals surface area contributed by atoms with Gasteiger partial charge in [0.25, 0.3) is 10.1 Å². The number of rotatable bonds is 2. The Bertz CT molecular complexity index is 495. The van der Waals surface area contributed by atoms with Gasteiger partial charge in [-0.3, -0.25) is 4.18 Å². The molecule has 1 aliphatic carbocycles. The Morgan fingerprint density at radius 1 is 1.30 bits per heavy atom. The number of hydrogen-bond acceptors (Lipinski definition) is 4. The maximum absolute atomic E-state index is 11.4. The van der Waals surface area contributed by atoms with E-state index in [-0.39, 0.29) is 29.4 Å². The molecule has 2 unspecified atom stereocenters. The Morgan fingerprint density at radius 3 is 2.35 bits per heavy atom. The van der Waals surface area contributed by atoms with Crippen LogP contribution in [0.5, 0.6) is 0 Å². The molecule has 2 rings (SSSR count). The summed E-state index contributed by atoms with van der Waals surface area (Å²) >= 11 is 0. The molecule has 116 valence electrons. The van der Waals surface area contributed by atoms with Crippen LogP contribution in [0.25, 0.3) is 0 Å². The number of carbonyl (C=O) groups is 1. The monoisotopic (exact) mass is 305 g/mol. The lowest BCUT2D eigenvalue weighted by Crippen LogP contribution is -2.45. The van der Waals surface area contributed by atoms with Crippen molar-refractivity contribution in [2.75, 3.05) is 12.8 Å². The van der Waals surface area contributed by atoms with E-state index in [2.05, 4.69) is 0 Å². The molecule has 1 amide bonds. The smallest absolute Gasteiger partial charge is 0.407 e. The first kappa shape index (κ1) is 15.6. The maximum Gasteiger partial charge on any atom is 0.407 e. The highest BCUT2D eigenvalue weighted by molar-refractivity contribution is 7.86. The third kappa shape index (κ3) is 3.09. The largest absolute Gasteiger partial charge is 0.465 e. The van der Waals surface area contributed by atoms with E-state index < -0.39 is 16.2 Å². The van der Waals surface area contributed by atoms with Crippen LogP contribution < -0.4 is 0 Å². The van der Waals surface area contributed by atoms with E-state index in [1.165, 1.54) is 4.90 Å². The molecular weight excluding hydrogens is 282 g/mol.